The number of hydrogen-bond donors (Lipinski definition) is 2. The molecule has 1 unspecified atom stereocenters. The van der Waals surface area contributed by atoms with Crippen molar-refractivity contribution in [2.45, 2.75) is 38.4 Å². The van der Waals surface area contributed by atoms with Crippen LogP contribution in [0, 0.1) is 0 Å². The van der Waals surface area contributed by atoms with E-state index in [1.807, 2.05) is 0 Å². The van der Waals surface area contributed by atoms with Crippen LogP contribution in [-0.4, -0.2) is 60.0 Å². The van der Waals surface area contributed by atoms with Crippen LogP contribution in [0.15, 0.2) is 0 Å². The highest BCUT2D eigenvalue weighted by molar-refractivity contribution is 7.46. The number of hydrogen-bond acceptors (Lipinski definition) is 8. The van der Waals surface area contributed by atoms with Gasteiger partial charge in [0.1, 0.15) is 6.10 Å². The maximum absolute atomic E-state index is 11.1. The fourth-order valence-corrected chi connectivity index (χ4v) is 2.18. The van der Waals surface area contributed by atoms with Crippen molar-refractivity contribution in [2.24, 2.45) is 0 Å². The molecule has 0 amide bonds. The van der Waals surface area contributed by atoms with E-state index >= 15 is 0 Å². The van der Waals surface area contributed by atoms with Crippen LogP contribution in [0.3, 0.4) is 0 Å². The average Bonchev–Trinajstić information content (AvgIpc) is 2.63. The molecule has 0 aromatic heterocycles. The van der Waals surface area contributed by atoms with Crippen LogP contribution in [0.4, 0.5) is 0 Å². The van der Waals surface area contributed by atoms with Gasteiger partial charge < -0.3 is 28.7 Å². The molecule has 0 aromatic carbocycles. The van der Waals surface area contributed by atoms with Gasteiger partial charge in [-0.15, -0.1) is 0 Å². The van der Waals surface area contributed by atoms with E-state index in [1.165, 1.54) is 7.11 Å². The first kappa shape index (κ1) is 18.0. The number of phosphoric ester groups is 1. The van der Waals surface area contributed by atoms with Crippen LogP contribution in [0.1, 0.15) is 13.8 Å². The maximum Gasteiger partial charge on any atom is 0.469 e. The van der Waals surface area contributed by atoms with Gasteiger partial charge in [0, 0.05) is 21.0 Å². The van der Waals surface area contributed by atoms with Gasteiger partial charge in [-0.3, -0.25) is 14.1 Å². The molecule has 4 atom stereocenters. The zero-order valence-corrected chi connectivity index (χ0v) is 12.5. The van der Waals surface area contributed by atoms with Crippen LogP contribution in [0.25, 0.3) is 0 Å². The van der Waals surface area contributed by atoms with Crippen LogP contribution in [0.2, 0.25) is 0 Å². The first-order valence-corrected chi connectivity index (χ1v) is 7.40. The minimum atomic E-state index is -4.72. The van der Waals surface area contributed by atoms with Crippen molar-refractivity contribution in [1.29, 1.82) is 0 Å². The summed E-state index contributed by atoms with van der Waals surface area (Å²) in [7, 11) is -3.45. The molecule has 1 heterocycles. The lowest BCUT2D eigenvalue weighted by Crippen LogP contribution is -2.41. The Labute approximate surface area is 120 Å². The lowest BCUT2D eigenvalue weighted by molar-refractivity contribution is -0.181. The van der Waals surface area contributed by atoms with Crippen molar-refractivity contribution in [1.82, 2.24) is 0 Å². The minimum absolute atomic E-state index is 0.570. The zero-order valence-electron chi connectivity index (χ0n) is 11.6. The van der Waals surface area contributed by atoms with Crippen molar-refractivity contribution in [2.75, 3.05) is 13.7 Å². The highest BCUT2D eigenvalue weighted by atomic mass is 31.2. The molecule has 0 aromatic rings. The number of carbonyl (C=O) groups is 2. The number of rotatable bonds is 6. The maximum atomic E-state index is 11.1. The third-order valence-corrected chi connectivity index (χ3v) is 3.00. The Bertz CT molecular complexity index is 432. The Balaban J connectivity index is 2.87. The summed E-state index contributed by atoms with van der Waals surface area (Å²) in [5.41, 5.74) is 0. The Morgan fingerprint density at radius 2 is 1.67 bits per heavy atom. The number of carbonyl (C=O) groups excluding carboxylic acids is 2. The number of esters is 2. The molecule has 0 aliphatic carbocycles. The van der Waals surface area contributed by atoms with E-state index < -0.39 is 51.0 Å². The van der Waals surface area contributed by atoms with E-state index in [2.05, 4.69) is 4.52 Å². The molecule has 1 rings (SSSR count). The highest BCUT2D eigenvalue weighted by Gasteiger charge is 2.50. The van der Waals surface area contributed by atoms with Crippen molar-refractivity contribution < 1.29 is 47.4 Å². The van der Waals surface area contributed by atoms with Crippen molar-refractivity contribution >= 4 is 19.8 Å². The van der Waals surface area contributed by atoms with Crippen molar-refractivity contribution in [3.8, 4) is 0 Å². The first-order valence-electron chi connectivity index (χ1n) is 5.87. The van der Waals surface area contributed by atoms with E-state index in [9.17, 15) is 14.2 Å². The van der Waals surface area contributed by atoms with Gasteiger partial charge in [0.25, 0.3) is 0 Å². The highest BCUT2D eigenvalue weighted by Crippen LogP contribution is 2.38. The number of ether oxygens (including phenoxy) is 4. The zero-order chi connectivity index (χ0) is 16.2. The van der Waals surface area contributed by atoms with Crippen molar-refractivity contribution in [3.05, 3.63) is 0 Å². The Morgan fingerprint density at radius 3 is 2.10 bits per heavy atom. The SMILES string of the molecule is COC1O[C@H](COP(=O)(O)O)[C@@H](OC(C)=O)[C@@H]1OC(C)=O. The molecule has 1 saturated heterocycles. The Hall–Kier alpha value is -1.03. The Kier molecular flexibility index (Phi) is 6.26. The summed E-state index contributed by atoms with van der Waals surface area (Å²) in [5.74, 6) is -1.34. The summed E-state index contributed by atoms with van der Waals surface area (Å²) < 4.78 is 35.2. The lowest BCUT2D eigenvalue weighted by Gasteiger charge is -2.22. The van der Waals surface area contributed by atoms with Gasteiger partial charge in [-0.05, 0) is 0 Å². The summed E-state index contributed by atoms with van der Waals surface area (Å²) >= 11 is 0. The number of methoxy groups -OCH3 is 1. The van der Waals surface area contributed by atoms with Gasteiger partial charge in [-0.1, -0.05) is 0 Å². The largest absolute Gasteiger partial charge is 0.469 e. The van der Waals surface area contributed by atoms with Crippen LogP contribution < -0.4 is 0 Å². The third kappa shape index (κ3) is 5.70. The summed E-state index contributed by atoms with van der Waals surface area (Å²) in [6, 6.07) is 0. The summed E-state index contributed by atoms with van der Waals surface area (Å²) in [6.45, 7) is 1.71. The molecule has 11 heteroatoms. The predicted octanol–water partition coefficient (Wildman–Crippen LogP) is -0.670. The van der Waals surface area contributed by atoms with Crippen LogP contribution in [0.5, 0.6) is 0 Å². The fraction of sp³-hybridized carbons (Fsp3) is 0.800. The van der Waals surface area contributed by atoms with Gasteiger partial charge in [-0.2, -0.15) is 0 Å². The standard InChI is InChI=1S/C10H17O10P/c1-5(11)18-8-7(4-17-21(13,14)15)20-10(16-3)9(8)19-6(2)12/h7-10H,4H2,1-3H3,(H2,13,14,15)/t7-,8-,9+,10?/m1/s1. The predicted molar refractivity (Wildman–Crippen MR) is 64.8 cm³/mol. The quantitative estimate of drug-likeness (QED) is 0.477. The van der Waals surface area contributed by atoms with E-state index in [0.717, 1.165) is 13.8 Å². The number of phosphoric acid groups is 1. The molecule has 10 nitrogen and oxygen atoms in total. The summed E-state index contributed by atoms with van der Waals surface area (Å²) in [4.78, 5) is 39.6. The summed E-state index contributed by atoms with van der Waals surface area (Å²) in [5, 5.41) is 0. The molecule has 21 heavy (non-hydrogen) atoms. The molecule has 1 aliphatic rings. The first-order chi connectivity index (χ1) is 9.64. The van der Waals surface area contributed by atoms with E-state index in [0.29, 0.717) is 0 Å². The molecule has 0 bridgehead atoms. The molecule has 1 fully saturated rings. The fourth-order valence-electron chi connectivity index (χ4n) is 1.84. The topological polar surface area (TPSA) is 138 Å². The summed E-state index contributed by atoms with van der Waals surface area (Å²) in [6.07, 6.45) is -4.29. The molecular formula is C10H17O10P. The molecule has 0 saturated carbocycles. The molecule has 2 N–H and O–H groups in total. The molecular weight excluding hydrogens is 311 g/mol. The van der Waals surface area contributed by atoms with E-state index in [4.69, 9.17) is 28.7 Å². The normalized spacial score (nSPS) is 29.2. The molecule has 0 spiro atoms. The minimum Gasteiger partial charge on any atom is -0.455 e. The lowest BCUT2D eigenvalue weighted by atomic mass is 10.1. The molecule has 122 valence electrons. The molecule has 1 aliphatic heterocycles. The van der Waals surface area contributed by atoms with Gasteiger partial charge in [-0.25, -0.2) is 4.57 Å². The van der Waals surface area contributed by atoms with E-state index in [1.54, 1.807) is 0 Å². The van der Waals surface area contributed by atoms with Gasteiger partial charge in [0.05, 0.1) is 6.61 Å². The smallest absolute Gasteiger partial charge is 0.455 e. The second kappa shape index (κ2) is 7.30. The van der Waals surface area contributed by atoms with Crippen molar-refractivity contribution in [3.63, 3.8) is 0 Å². The Morgan fingerprint density at radius 1 is 1.14 bits per heavy atom. The second-order valence-electron chi connectivity index (χ2n) is 4.21. The van der Waals surface area contributed by atoms with Gasteiger partial charge in [0.15, 0.2) is 18.5 Å². The van der Waals surface area contributed by atoms with Crippen LogP contribution in [-0.2, 0) is 37.6 Å². The van der Waals surface area contributed by atoms with Gasteiger partial charge >= 0.3 is 19.8 Å². The van der Waals surface area contributed by atoms with Gasteiger partial charge in [0.2, 0.25) is 0 Å². The third-order valence-electron chi connectivity index (χ3n) is 2.51. The monoisotopic (exact) mass is 328 g/mol. The second-order valence-corrected chi connectivity index (χ2v) is 5.45. The average molecular weight is 328 g/mol. The van der Waals surface area contributed by atoms with Crippen LogP contribution >= 0.6 is 7.82 Å². The molecule has 0 radical (unpaired) electrons. The van der Waals surface area contributed by atoms with E-state index in [-0.39, 0.29) is 0 Å².